The molecule has 0 unspecified atom stereocenters. The van der Waals surface area contributed by atoms with E-state index in [0.717, 1.165) is 12.1 Å². The number of nitrogens with one attached hydrogen (secondary N) is 2. The molecule has 0 aliphatic rings. The van der Waals surface area contributed by atoms with Crippen molar-refractivity contribution in [3.05, 3.63) is 142 Å². The number of nitrogens with zero attached hydrogens (tertiary/aromatic N) is 4. The summed E-state index contributed by atoms with van der Waals surface area (Å²) in [5.41, 5.74) is 0.359. The fraction of sp³-hybridized carbons (Fsp3) is 0.108. The molecule has 15 nitrogen and oxygen atoms in total. The molecule has 0 fully saturated rings. The van der Waals surface area contributed by atoms with Crippen molar-refractivity contribution < 1.29 is 44.4 Å². The minimum absolute atomic E-state index is 0.0211. The minimum Gasteiger partial charge on any atom is -0.326 e. The molecule has 2 amide bonds. The van der Waals surface area contributed by atoms with Crippen LogP contribution in [0.4, 0.5) is 24.5 Å². The number of ketones is 1. The van der Waals surface area contributed by atoms with Crippen molar-refractivity contribution in [1.29, 1.82) is 0 Å². The van der Waals surface area contributed by atoms with Crippen molar-refractivity contribution in [3.63, 3.8) is 0 Å². The molecule has 0 aliphatic carbocycles. The molecule has 6 rings (SSSR count). The maximum atomic E-state index is 13.1. The quantitative estimate of drug-likeness (QED) is 0.113. The topological polar surface area (TPSA) is 231 Å². The summed E-state index contributed by atoms with van der Waals surface area (Å²) in [7, 11) is -8.35. The van der Waals surface area contributed by atoms with Gasteiger partial charge in [-0.05, 0) is 66.6 Å². The van der Waals surface area contributed by atoms with Crippen LogP contribution in [0, 0.1) is 0 Å². The van der Waals surface area contributed by atoms with E-state index in [4.69, 9.17) is 33.5 Å². The summed E-state index contributed by atoms with van der Waals surface area (Å²) in [5, 5.41) is 24.2. The number of sulfonamides is 2. The summed E-state index contributed by atoms with van der Waals surface area (Å²) in [6.07, 6.45) is 0.241. The zero-order valence-electron chi connectivity index (χ0n) is 30.3. The lowest BCUT2D eigenvalue weighted by molar-refractivity contribution is -0.138. The predicted octanol–water partition coefficient (Wildman–Crippen LogP) is 5.93. The van der Waals surface area contributed by atoms with Gasteiger partial charge in [-0.3, -0.25) is 14.4 Å². The molecule has 0 radical (unpaired) electrons. The molecule has 59 heavy (non-hydrogen) atoms. The number of benzene rings is 4. The Bertz CT molecular complexity index is 2800. The van der Waals surface area contributed by atoms with Crippen molar-refractivity contribution in [3.8, 4) is 11.4 Å². The van der Waals surface area contributed by atoms with Gasteiger partial charge in [0.05, 0.1) is 52.8 Å². The zero-order valence-corrected chi connectivity index (χ0v) is 33.5. The first-order valence-corrected chi connectivity index (χ1v) is 20.5. The predicted molar refractivity (Wildman–Crippen MR) is 212 cm³/mol. The molecular formula is C37H31Cl2F3N8O7S2. The molecule has 0 saturated carbocycles. The molecule has 0 bridgehead atoms. The first-order valence-electron chi connectivity index (χ1n) is 16.7. The number of alkyl halides is 3. The van der Waals surface area contributed by atoms with E-state index in [-0.39, 0.29) is 61.2 Å². The number of halogens is 5. The number of Topliss-reactive ketones (excluding diaryl/α,β-unsaturated/α-hetero) is 1. The molecule has 308 valence electrons. The van der Waals surface area contributed by atoms with E-state index >= 15 is 0 Å². The summed E-state index contributed by atoms with van der Waals surface area (Å²) >= 11 is 11.9. The van der Waals surface area contributed by atoms with Crippen LogP contribution in [0.15, 0.2) is 120 Å². The molecule has 6 N–H and O–H groups in total. The maximum Gasteiger partial charge on any atom is 0.416 e. The Morgan fingerprint density at radius 1 is 0.695 bits per heavy atom. The third kappa shape index (κ3) is 11.6. The molecule has 2 aromatic heterocycles. The van der Waals surface area contributed by atoms with Gasteiger partial charge in [-0.1, -0.05) is 59.6 Å². The summed E-state index contributed by atoms with van der Waals surface area (Å²) in [5.74, 6) is -1.34. The Hall–Kier alpha value is -5.90. The molecular weight excluding hydrogens is 860 g/mol. The number of primary sulfonamides is 2. The molecule has 0 saturated heterocycles. The van der Waals surface area contributed by atoms with Crippen LogP contribution in [-0.2, 0) is 48.7 Å². The highest BCUT2D eigenvalue weighted by molar-refractivity contribution is 7.89. The van der Waals surface area contributed by atoms with Crippen LogP contribution in [0.1, 0.15) is 34.0 Å². The van der Waals surface area contributed by atoms with E-state index in [1.54, 1.807) is 24.3 Å². The lowest BCUT2D eigenvalue weighted by Gasteiger charge is -2.14. The molecule has 6 aromatic rings. The zero-order chi connectivity index (χ0) is 43.3. The van der Waals surface area contributed by atoms with Gasteiger partial charge in [-0.15, -0.1) is 0 Å². The Balaban J connectivity index is 0.000000224. The SMILES string of the molecule is CC(=O)c1cnn(-c2ccc(NC(=O)Cc3ccccc3Cl)cc2S(N)(=O)=O)c1.NS(=O)(=O)c1cc(NC(=O)Cc2ccccc2C(F)(F)F)ccc1-n1cc(Cl)cn1. The Morgan fingerprint density at radius 2 is 1.17 bits per heavy atom. The smallest absolute Gasteiger partial charge is 0.326 e. The fourth-order valence-corrected chi connectivity index (χ4v) is 7.26. The highest BCUT2D eigenvalue weighted by Crippen LogP contribution is 2.32. The summed E-state index contributed by atoms with van der Waals surface area (Å²) in [6.45, 7) is 1.37. The Kier molecular flexibility index (Phi) is 13.4. The van der Waals surface area contributed by atoms with Gasteiger partial charge in [0.25, 0.3) is 0 Å². The van der Waals surface area contributed by atoms with Crippen molar-refractivity contribution in [2.45, 2.75) is 35.7 Å². The number of aromatic nitrogens is 4. The molecule has 22 heteroatoms. The van der Waals surface area contributed by atoms with Crippen LogP contribution in [0.2, 0.25) is 10.0 Å². The summed E-state index contributed by atoms with van der Waals surface area (Å²) < 4.78 is 89.8. The van der Waals surface area contributed by atoms with Crippen molar-refractivity contribution >= 4 is 72.2 Å². The van der Waals surface area contributed by atoms with Crippen molar-refractivity contribution in [1.82, 2.24) is 19.6 Å². The number of anilines is 2. The highest BCUT2D eigenvalue weighted by Gasteiger charge is 2.33. The number of hydrogen-bond acceptors (Lipinski definition) is 9. The number of nitrogens with two attached hydrogens (primary N) is 2. The van der Waals surface area contributed by atoms with Crippen LogP contribution in [0.5, 0.6) is 0 Å². The standard InChI is InChI=1S/C19H17ClN4O4S.C18H14ClF3N4O3S/c1-12(25)14-10-22-24(11-14)17-7-6-15(9-18(17)29(21,27)28)23-19(26)8-13-4-2-3-5-16(13)20;19-12-9-24-26(10-12)15-6-5-13(8-16(15)30(23,28)29)25-17(27)7-11-3-1-2-4-14(11)18(20,21)22/h2-7,9-11H,8H2,1H3,(H,23,26)(H2,21,27,28);1-6,8-10H,7H2,(H,25,27)(H2,23,28,29). The normalized spacial score (nSPS) is 11.7. The van der Waals surface area contributed by atoms with Gasteiger partial charge in [0.2, 0.25) is 31.9 Å². The Morgan fingerprint density at radius 3 is 1.63 bits per heavy atom. The van der Waals surface area contributed by atoms with Crippen LogP contribution >= 0.6 is 23.2 Å². The van der Waals surface area contributed by atoms with Gasteiger partial charge in [-0.2, -0.15) is 23.4 Å². The number of rotatable bonds is 11. The third-order valence-corrected chi connectivity index (χ3v) is 10.6. The van der Waals surface area contributed by atoms with Gasteiger partial charge >= 0.3 is 6.18 Å². The van der Waals surface area contributed by atoms with Gasteiger partial charge in [0, 0.05) is 28.8 Å². The largest absolute Gasteiger partial charge is 0.416 e. The third-order valence-electron chi connectivity index (χ3n) is 8.12. The molecule has 2 heterocycles. The van der Waals surface area contributed by atoms with Crippen LogP contribution in [0.25, 0.3) is 11.4 Å². The van der Waals surface area contributed by atoms with Gasteiger partial charge in [0.15, 0.2) is 5.78 Å². The molecule has 0 aliphatic heterocycles. The molecule has 4 aromatic carbocycles. The van der Waals surface area contributed by atoms with E-state index in [0.29, 0.717) is 16.1 Å². The number of amides is 2. The maximum absolute atomic E-state index is 13.1. The van der Waals surface area contributed by atoms with Crippen LogP contribution in [-0.4, -0.2) is 54.0 Å². The van der Waals surface area contributed by atoms with Crippen molar-refractivity contribution in [2.24, 2.45) is 10.3 Å². The lowest BCUT2D eigenvalue weighted by Crippen LogP contribution is -2.19. The first-order chi connectivity index (χ1) is 27.6. The minimum atomic E-state index is -4.61. The lowest BCUT2D eigenvalue weighted by atomic mass is 10.0. The summed E-state index contributed by atoms with van der Waals surface area (Å²) in [4.78, 5) is 35.5. The summed E-state index contributed by atoms with van der Waals surface area (Å²) in [6, 6.07) is 19.6. The van der Waals surface area contributed by atoms with Gasteiger partial charge in [0.1, 0.15) is 9.79 Å². The van der Waals surface area contributed by atoms with E-state index in [1.165, 1.54) is 89.6 Å². The van der Waals surface area contributed by atoms with Crippen molar-refractivity contribution in [2.75, 3.05) is 10.6 Å². The van der Waals surface area contributed by atoms with Crippen LogP contribution < -0.4 is 20.9 Å². The fourth-order valence-electron chi connectivity index (χ4n) is 5.44. The average molecular weight is 892 g/mol. The van der Waals surface area contributed by atoms with E-state index < -0.39 is 44.1 Å². The number of carbonyl (C=O) groups excluding carboxylic acids is 3. The molecule has 0 spiro atoms. The number of carbonyl (C=O) groups is 3. The molecule has 0 atom stereocenters. The highest BCUT2D eigenvalue weighted by atomic mass is 35.5. The van der Waals surface area contributed by atoms with Crippen LogP contribution in [0.3, 0.4) is 0 Å². The second-order valence-electron chi connectivity index (χ2n) is 12.5. The van der Waals surface area contributed by atoms with E-state index in [2.05, 4.69) is 20.8 Å². The van der Waals surface area contributed by atoms with Gasteiger partial charge < -0.3 is 10.6 Å². The van der Waals surface area contributed by atoms with Gasteiger partial charge in [-0.25, -0.2) is 36.5 Å². The second kappa shape index (κ2) is 17.9. The monoisotopic (exact) mass is 890 g/mol. The van der Waals surface area contributed by atoms with E-state index in [9.17, 15) is 44.4 Å². The Labute approximate surface area is 344 Å². The van der Waals surface area contributed by atoms with E-state index in [1.807, 2.05) is 0 Å². The second-order valence-corrected chi connectivity index (χ2v) is 16.4. The average Bonchev–Trinajstić information content (AvgIpc) is 3.82. The first kappa shape index (κ1) is 44.2. The number of hydrogen-bond donors (Lipinski definition) is 4.